The fraction of sp³-hybridized carbons (Fsp3) is 0.926. The number of amides is 1. The van der Waals surface area contributed by atoms with Gasteiger partial charge in [0.05, 0.1) is 25.4 Å². The zero-order chi connectivity index (χ0) is 62.8. The monoisotopic (exact) mass is 1220 g/mol. The van der Waals surface area contributed by atoms with Gasteiger partial charge in [-0.2, -0.15) is 0 Å². The quantitative estimate of drug-likeness (QED) is 0.0320. The van der Waals surface area contributed by atoms with Crippen molar-refractivity contribution in [3.8, 4) is 0 Å². The maximum Gasteiger partial charge on any atom is 0.305 e. The standard InChI is InChI=1S/C81H157NO5/c1-3-5-7-9-11-13-15-17-19-21-42-45-49-53-57-61-65-69-73-79(84)78(77-83)82-80(85)74-70-66-62-58-54-50-46-43-39-37-35-33-31-29-27-25-23-22-24-26-28-30-32-34-36-38-40-44-48-52-56-60-64-68-72-76-87-81(86)75-71-67-63-59-55-51-47-41-20-18-16-14-12-10-8-6-4-2/h18,20,24,26,78-79,83-84H,3-17,19,21-23,25,27-77H2,1-2H3,(H,82,85)/b20-18-,26-24-. The molecular weight excluding hydrogens is 1070 g/mol. The lowest BCUT2D eigenvalue weighted by atomic mass is 10.0. The SMILES string of the molecule is CCCCCCCC/C=C\CCCCCCCCCC(=O)OCCCCCCCCCCCCCCCC/C=C\CCCCCCCCCCCCCCCCCCCC(=O)NC(CO)C(O)CCCCCCCCCCCCCCCCCCCC. The Labute approximate surface area is 545 Å². The van der Waals surface area contributed by atoms with Crippen molar-refractivity contribution in [3.05, 3.63) is 24.3 Å². The Kier molecular flexibility index (Phi) is 75.3. The van der Waals surface area contributed by atoms with E-state index in [2.05, 4.69) is 43.5 Å². The molecule has 87 heavy (non-hydrogen) atoms. The molecule has 0 saturated heterocycles. The summed E-state index contributed by atoms with van der Waals surface area (Å²) in [6.07, 6.45) is 98.5. The molecule has 0 rings (SSSR count). The van der Waals surface area contributed by atoms with Gasteiger partial charge in [-0.05, 0) is 77.0 Å². The Hall–Kier alpha value is -1.66. The Morgan fingerprint density at radius 3 is 0.816 bits per heavy atom. The van der Waals surface area contributed by atoms with Crippen molar-refractivity contribution >= 4 is 11.9 Å². The lowest BCUT2D eigenvalue weighted by molar-refractivity contribution is -0.143. The molecule has 0 fully saturated rings. The summed E-state index contributed by atoms with van der Waals surface area (Å²) < 4.78 is 5.51. The van der Waals surface area contributed by atoms with Crippen LogP contribution in [-0.2, 0) is 14.3 Å². The van der Waals surface area contributed by atoms with Crippen LogP contribution >= 0.6 is 0 Å². The molecule has 2 atom stereocenters. The highest BCUT2D eigenvalue weighted by Crippen LogP contribution is 2.20. The summed E-state index contributed by atoms with van der Waals surface area (Å²) in [5.41, 5.74) is 0. The van der Waals surface area contributed by atoms with Gasteiger partial charge in [0.2, 0.25) is 5.91 Å². The van der Waals surface area contributed by atoms with Crippen LogP contribution in [0.2, 0.25) is 0 Å². The summed E-state index contributed by atoms with van der Waals surface area (Å²) in [5, 5.41) is 23.4. The van der Waals surface area contributed by atoms with E-state index in [0.29, 0.717) is 25.9 Å². The Balaban J connectivity index is 3.33. The number of hydrogen-bond acceptors (Lipinski definition) is 5. The highest BCUT2D eigenvalue weighted by molar-refractivity contribution is 5.76. The molecule has 0 aliphatic heterocycles. The van der Waals surface area contributed by atoms with E-state index in [4.69, 9.17) is 4.74 Å². The molecule has 1 amide bonds. The smallest absolute Gasteiger partial charge is 0.305 e. The third-order valence-electron chi connectivity index (χ3n) is 19.0. The van der Waals surface area contributed by atoms with E-state index >= 15 is 0 Å². The third kappa shape index (κ3) is 73.3. The lowest BCUT2D eigenvalue weighted by Gasteiger charge is -2.22. The van der Waals surface area contributed by atoms with Crippen LogP contribution < -0.4 is 5.32 Å². The van der Waals surface area contributed by atoms with Crippen molar-refractivity contribution < 1.29 is 24.5 Å². The molecule has 0 aromatic rings. The van der Waals surface area contributed by atoms with Gasteiger partial charge in [0.25, 0.3) is 0 Å². The number of unbranched alkanes of at least 4 members (excludes halogenated alkanes) is 61. The third-order valence-corrected chi connectivity index (χ3v) is 19.0. The number of rotatable bonds is 76. The van der Waals surface area contributed by atoms with Crippen LogP contribution in [-0.4, -0.2) is 47.4 Å². The van der Waals surface area contributed by atoms with E-state index in [0.717, 1.165) is 44.9 Å². The van der Waals surface area contributed by atoms with Gasteiger partial charge in [-0.3, -0.25) is 9.59 Å². The maximum atomic E-state index is 12.5. The summed E-state index contributed by atoms with van der Waals surface area (Å²) in [6.45, 7) is 5.00. The van der Waals surface area contributed by atoms with Gasteiger partial charge in [0.15, 0.2) is 0 Å². The summed E-state index contributed by atoms with van der Waals surface area (Å²) >= 11 is 0. The molecule has 2 unspecified atom stereocenters. The van der Waals surface area contributed by atoms with Gasteiger partial charge in [-0.1, -0.05) is 391 Å². The van der Waals surface area contributed by atoms with Gasteiger partial charge in [-0.15, -0.1) is 0 Å². The minimum atomic E-state index is -0.662. The first-order chi connectivity index (χ1) is 43.0. The zero-order valence-corrected chi connectivity index (χ0v) is 59.3. The molecule has 0 aliphatic carbocycles. The first kappa shape index (κ1) is 85.3. The largest absolute Gasteiger partial charge is 0.466 e. The zero-order valence-electron chi connectivity index (χ0n) is 59.3. The normalized spacial score (nSPS) is 12.6. The first-order valence-electron chi connectivity index (χ1n) is 40.1. The van der Waals surface area contributed by atoms with Crippen LogP contribution in [0.5, 0.6) is 0 Å². The number of ether oxygens (including phenoxy) is 1. The summed E-state index contributed by atoms with van der Waals surface area (Å²) in [6, 6.07) is -0.539. The number of allylic oxidation sites excluding steroid dienone is 4. The van der Waals surface area contributed by atoms with Gasteiger partial charge >= 0.3 is 5.97 Å². The van der Waals surface area contributed by atoms with Crippen LogP contribution in [0.4, 0.5) is 0 Å². The molecule has 0 aliphatic rings. The van der Waals surface area contributed by atoms with Crippen LogP contribution in [0.25, 0.3) is 0 Å². The van der Waals surface area contributed by atoms with Crippen molar-refractivity contribution in [3.63, 3.8) is 0 Å². The minimum absolute atomic E-state index is 0.0179. The molecule has 0 spiro atoms. The van der Waals surface area contributed by atoms with E-state index in [1.165, 1.54) is 379 Å². The fourth-order valence-corrected chi connectivity index (χ4v) is 12.9. The highest BCUT2D eigenvalue weighted by atomic mass is 16.5. The Bertz CT molecular complexity index is 1360. The highest BCUT2D eigenvalue weighted by Gasteiger charge is 2.20. The molecule has 516 valence electrons. The molecule has 0 saturated carbocycles. The van der Waals surface area contributed by atoms with E-state index in [1.54, 1.807) is 0 Å². The number of carbonyl (C=O) groups excluding carboxylic acids is 2. The predicted octanol–water partition coefficient (Wildman–Crippen LogP) is 26.4. The Morgan fingerprint density at radius 1 is 0.310 bits per heavy atom. The summed E-state index contributed by atoms with van der Waals surface area (Å²) in [7, 11) is 0. The van der Waals surface area contributed by atoms with Crippen molar-refractivity contribution in [2.75, 3.05) is 13.2 Å². The van der Waals surface area contributed by atoms with E-state index in [-0.39, 0.29) is 18.5 Å². The van der Waals surface area contributed by atoms with Crippen LogP contribution in [0.15, 0.2) is 24.3 Å². The molecule has 6 heteroatoms. The maximum absolute atomic E-state index is 12.5. The first-order valence-corrected chi connectivity index (χ1v) is 40.1. The molecule has 0 heterocycles. The van der Waals surface area contributed by atoms with Crippen molar-refractivity contribution in [1.82, 2.24) is 5.32 Å². The molecular formula is C81H157NO5. The Morgan fingerprint density at radius 2 is 0.540 bits per heavy atom. The second kappa shape index (κ2) is 76.8. The molecule has 0 aromatic carbocycles. The number of hydrogen-bond donors (Lipinski definition) is 3. The lowest BCUT2D eigenvalue weighted by Crippen LogP contribution is -2.45. The van der Waals surface area contributed by atoms with Crippen LogP contribution in [0.3, 0.4) is 0 Å². The van der Waals surface area contributed by atoms with E-state index in [1.807, 2.05) is 0 Å². The average molecular weight is 1230 g/mol. The second-order valence-corrected chi connectivity index (χ2v) is 27.7. The van der Waals surface area contributed by atoms with Crippen molar-refractivity contribution in [2.24, 2.45) is 0 Å². The number of aliphatic hydroxyl groups is 2. The van der Waals surface area contributed by atoms with Gasteiger partial charge in [0.1, 0.15) is 0 Å². The number of aliphatic hydroxyl groups excluding tert-OH is 2. The van der Waals surface area contributed by atoms with E-state index < -0.39 is 12.1 Å². The molecule has 0 radical (unpaired) electrons. The molecule has 6 nitrogen and oxygen atoms in total. The van der Waals surface area contributed by atoms with Crippen LogP contribution in [0.1, 0.15) is 457 Å². The molecule has 3 N–H and O–H groups in total. The van der Waals surface area contributed by atoms with Crippen molar-refractivity contribution in [2.45, 2.75) is 469 Å². The minimum Gasteiger partial charge on any atom is -0.466 e. The number of nitrogens with one attached hydrogen (secondary N) is 1. The van der Waals surface area contributed by atoms with Crippen LogP contribution in [0, 0.1) is 0 Å². The number of carbonyl (C=O) groups is 2. The second-order valence-electron chi connectivity index (χ2n) is 27.7. The van der Waals surface area contributed by atoms with E-state index in [9.17, 15) is 19.8 Å². The molecule has 0 bridgehead atoms. The topological polar surface area (TPSA) is 95.9 Å². The summed E-state index contributed by atoms with van der Waals surface area (Å²) in [4.78, 5) is 24.7. The van der Waals surface area contributed by atoms with Crippen molar-refractivity contribution in [1.29, 1.82) is 0 Å². The number of esters is 1. The van der Waals surface area contributed by atoms with Gasteiger partial charge < -0.3 is 20.3 Å². The van der Waals surface area contributed by atoms with Gasteiger partial charge in [0, 0.05) is 12.8 Å². The summed E-state index contributed by atoms with van der Waals surface area (Å²) in [5.74, 6) is -0.00890. The average Bonchev–Trinajstić information content (AvgIpc) is 3.53. The van der Waals surface area contributed by atoms with Gasteiger partial charge in [-0.25, -0.2) is 0 Å². The fourth-order valence-electron chi connectivity index (χ4n) is 12.9. The molecule has 0 aromatic heterocycles. The predicted molar refractivity (Wildman–Crippen MR) is 384 cm³/mol.